The van der Waals surface area contributed by atoms with Gasteiger partial charge in [-0.3, -0.25) is 0 Å². The van der Waals surface area contributed by atoms with E-state index in [1.165, 1.54) is 16.9 Å². The van der Waals surface area contributed by atoms with E-state index in [-0.39, 0.29) is 0 Å². The van der Waals surface area contributed by atoms with Crippen LogP contribution >= 0.6 is 0 Å². The molecular formula is C17H19N2+. The van der Waals surface area contributed by atoms with Gasteiger partial charge in [-0.05, 0) is 19.1 Å². The lowest BCUT2D eigenvalue weighted by molar-refractivity contribution is -0.647. The van der Waals surface area contributed by atoms with E-state index >= 15 is 0 Å². The molecule has 0 fully saturated rings. The average Bonchev–Trinajstić information content (AvgIpc) is 3.02. The Morgan fingerprint density at radius 1 is 1.21 bits per heavy atom. The molecule has 0 amide bonds. The van der Waals surface area contributed by atoms with Crippen LogP contribution in [0.1, 0.15) is 12.7 Å². The molecule has 0 bridgehead atoms. The van der Waals surface area contributed by atoms with Crippen LogP contribution in [-0.2, 0) is 13.6 Å². The fourth-order valence-electron chi connectivity index (χ4n) is 2.76. The summed E-state index contributed by atoms with van der Waals surface area (Å²) in [5, 5.41) is 0. The van der Waals surface area contributed by atoms with Gasteiger partial charge >= 0.3 is 0 Å². The zero-order chi connectivity index (χ0) is 13.2. The summed E-state index contributed by atoms with van der Waals surface area (Å²) in [4.78, 5) is 0. The lowest BCUT2D eigenvalue weighted by Crippen LogP contribution is -2.31. The summed E-state index contributed by atoms with van der Waals surface area (Å²) in [5.41, 5.74) is 2.58. The van der Waals surface area contributed by atoms with Gasteiger partial charge in [-0.2, -0.15) is 0 Å². The van der Waals surface area contributed by atoms with Gasteiger partial charge < -0.3 is 0 Å². The van der Waals surface area contributed by atoms with Crippen molar-refractivity contribution in [2.75, 3.05) is 0 Å². The highest BCUT2D eigenvalue weighted by atomic mass is 15.2. The third kappa shape index (κ3) is 2.03. The van der Waals surface area contributed by atoms with E-state index in [1.54, 1.807) is 0 Å². The first-order valence-corrected chi connectivity index (χ1v) is 6.76. The van der Waals surface area contributed by atoms with Crippen molar-refractivity contribution in [3.05, 3.63) is 60.5 Å². The van der Waals surface area contributed by atoms with Crippen LogP contribution in [-0.4, -0.2) is 4.57 Å². The maximum Gasteiger partial charge on any atom is 0.281 e. The van der Waals surface area contributed by atoms with Crippen LogP contribution in [0.5, 0.6) is 0 Å². The minimum Gasteiger partial charge on any atom is -0.226 e. The van der Waals surface area contributed by atoms with Crippen molar-refractivity contribution in [2.45, 2.75) is 13.5 Å². The molecule has 2 nitrogen and oxygen atoms in total. The second-order valence-corrected chi connectivity index (χ2v) is 4.95. The monoisotopic (exact) mass is 251 g/mol. The van der Waals surface area contributed by atoms with Crippen molar-refractivity contribution in [3.8, 4) is 0 Å². The Balaban J connectivity index is 2.16. The highest BCUT2D eigenvalue weighted by Gasteiger charge is 2.21. The summed E-state index contributed by atoms with van der Waals surface area (Å²) >= 11 is 0. The molecule has 0 unspecified atom stereocenters. The number of allylic oxidation sites excluding steroid dienone is 5. The van der Waals surface area contributed by atoms with Crippen LogP contribution in [0.3, 0.4) is 0 Å². The summed E-state index contributed by atoms with van der Waals surface area (Å²) in [5.74, 6) is 1.75. The Hall–Kier alpha value is -2.09. The molecule has 0 N–H and O–H groups in total. The van der Waals surface area contributed by atoms with Gasteiger partial charge in [-0.25, -0.2) is 9.13 Å². The highest BCUT2D eigenvalue weighted by molar-refractivity contribution is 5.73. The maximum absolute atomic E-state index is 2.40. The van der Waals surface area contributed by atoms with E-state index in [0.29, 0.717) is 5.92 Å². The van der Waals surface area contributed by atoms with Crippen LogP contribution in [0.2, 0.25) is 0 Å². The van der Waals surface area contributed by atoms with Gasteiger partial charge in [0.15, 0.2) is 11.0 Å². The van der Waals surface area contributed by atoms with Gasteiger partial charge in [0, 0.05) is 12.0 Å². The smallest absolute Gasteiger partial charge is 0.226 e. The summed E-state index contributed by atoms with van der Waals surface area (Å²) in [7, 11) is 2.13. The van der Waals surface area contributed by atoms with Crippen molar-refractivity contribution in [1.29, 1.82) is 0 Å². The zero-order valence-corrected chi connectivity index (χ0v) is 11.5. The van der Waals surface area contributed by atoms with Crippen LogP contribution in [0.25, 0.3) is 17.1 Å². The molecule has 0 saturated heterocycles. The summed E-state index contributed by atoms with van der Waals surface area (Å²) in [6.45, 7) is 3.06. The largest absolute Gasteiger partial charge is 0.281 e. The molecular weight excluding hydrogens is 232 g/mol. The Bertz CT molecular complexity index is 675. The molecule has 1 aromatic carbocycles. The van der Waals surface area contributed by atoms with E-state index in [9.17, 15) is 0 Å². The van der Waals surface area contributed by atoms with Gasteiger partial charge in [0.1, 0.15) is 6.54 Å². The standard InChI is InChI=1S/C17H19N2/c1-3-8-17-18(2)15-11-6-7-12-16(15)19(17)13-14-9-4-5-10-14/h3-12,14H,13H2,1-2H3/q+1/b8-3+. The molecule has 1 heterocycles. The van der Waals surface area contributed by atoms with E-state index in [1.807, 2.05) is 0 Å². The summed E-state index contributed by atoms with van der Waals surface area (Å²) in [6, 6.07) is 8.59. The topological polar surface area (TPSA) is 8.81 Å². The number of nitrogens with zero attached hydrogens (tertiary/aromatic N) is 2. The minimum absolute atomic E-state index is 0.500. The number of rotatable bonds is 3. The van der Waals surface area contributed by atoms with Gasteiger partial charge in [0.2, 0.25) is 0 Å². The molecule has 19 heavy (non-hydrogen) atoms. The van der Waals surface area contributed by atoms with E-state index in [4.69, 9.17) is 0 Å². The van der Waals surface area contributed by atoms with Crippen molar-refractivity contribution < 1.29 is 4.57 Å². The Morgan fingerprint density at radius 2 is 1.95 bits per heavy atom. The first-order valence-electron chi connectivity index (χ1n) is 6.76. The maximum atomic E-state index is 2.40. The van der Waals surface area contributed by atoms with Crippen LogP contribution < -0.4 is 4.57 Å². The normalized spacial score (nSPS) is 15.3. The molecule has 0 spiro atoms. The first kappa shape index (κ1) is 12.0. The molecule has 0 saturated carbocycles. The number of hydrogen-bond donors (Lipinski definition) is 0. The van der Waals surface area contributed by atoms with Gasteiger partial charge in [-0.15, -0.1) is 0 Å². The zero-order valence-electron chi connectivity index (χ0n) is 11.5. The lowest BCUT2D eigenvalue weighted by atomic mass is 10.1. The fourth-order valence-corrected chi connectivity index (χ4v) is 2.76. The fraction of sp³-hybridized carbons (Fsp3) is 0.235. The van der Waals surface area contributed by atoms with Crippen molar-refractivity contribution in [2.24, 2.45) is 13.0 Å². The number of para-hydroxylation sites is 2. The Morgan fingerprint density at radius 3 is 2.68 bits per heavy atom. The lowest BCUT2D eigenvalue weighted by Gasteiger charge is -2.04. The predicted molar refractivity (Wildman–Crippen MR) is 79.6 cm³/mol. The van der Waals surface area contributed by atoms with Crippen LogP contribution in [0, 0.1) is 5.92 Å². The van der Waals surface area contributed by atoms with E-state index in [2.05, 4.69) is 83.8 Å². The number of imidazole rings is 1. The first-order chi connectivity index (χ1) is 9.31. The number of hydrogen-bond acceptors (Lipinski definition) is 0. The van der Waals surface area contributed by atoms with E-state index < -0.39 is 0 Å². The molecule has 3 rings (SSSR count). The Labute approximate surface area is 114 Å². The average molecular weight is 251 g/mol. The van der Waals surface area contributed by atoms with Gasteiger partial charge in [0.05, 0.1) is 7.05 Å². The van der Waals surface area contributed by atoms with Crippen molar-refractivity contribution in [1.82, 2.24) is 4.57 Å². The minimum atomic E-state index is 0.500. The van der Waals surface area contributed by atoms with Crippen molar-refractivity contribution in [3.63, 3.8) is 0 Å². The second-order valence-electron chi connectivity index (χ2n) is 4.95. The molecule has 1 aliphatic carbocycles. The molecule has 1 aliphatic rings. The second kappa shape index (κ2) is 4.88. The molecule has 2 aromatic rings. The number of aryl methyl sites for hydroxylation is 1. The predicted octanol–water partition coefficient (Wildman–Crippen LogP) is 3.24. The molecule has 96 valence electrons. The van der Waals surface area contributed by atoms with E-state index in [0.717, 1.165) is 6.54 Å². The molecule has 0 radical (unpaired) electrons. The number of aromatic nitrogens is 2. The summed E-state index contributed by atoms with van der Waals surface area (Å²) in [6.07, 6.45) is 13.1. The quantitative estimate of drug-likeness (QED) is 0.741. The summed E-state index contributed by atoms with van der Waals surface area (Å²) < 4.78 is 4.66. The SMILES string of the molecule is C/C=C/c1n(CC2C=CC=C2)c2ccccc2[n+]1C. The Kier molecular flexibility index (Phi) is 3.08. The van der Waals surface area contributed by atoms with Crippen molar-refractivity contribution >= 4 is 17.1 Å². The van der Waals surface area contributed by atoms with Gasteiger partial charge in [-0.1, -0.05) is 42.5 Å². The highest BCUT2D eigenvalue weighted by Crippen LogP contribution is 2.19. The molecule has 1 aromatic heterocycles. The van der Waals surface area contributed by atoms with Gasteiger partial charge in [0.25, 0.3) is 5.82 Å². The molecule has 0 atom stereocenters. The third-order valence-corrected chi connectivity index (χ3v) is 3.69. The van der Waals surface area contributed by atoms with Crippen LogP contribution in [0.4, 0.5) is 0 Å². The molecule has 0 aliphatic heterocycles. The molecule has 2 heteroatoms. The number of benzene rings is 1. The third-order valence-electron chi connectivity index (χ3n) is 3.69. The number of fused-ring (bicyclic) bond motifs is 1. The van der Waals surface area contributed by atoms with Crippen LogP contribution in [0.15, 0.2) is 54.6 Å².